The molecule has 7 nitrogen and oxygen atoms in total. The number of aryl methyl sites for hydroxylation is 2. The van der Waals surface area contributed by atoms with E-state index in [9.17, 15) is 19.7 Å². The topological polar surface area (TPSA) is 89.8 Å². The van der Waals surface area contributed by atoms with Gasteiger partial charge in [-0.15, -0.1) is 0 Å². The van der Waals surface area contributed by atoms with Crippen molar-refractivity contribution in [2.75, 3.05) is 13.7 Å². The van der Waals surface area contributed by atoms with Crippen LogP contribution in [-0.4, -0.2) is 41.4 Å². The lowest BCUT2D eigenvalue weighted by Crippen LogP contribution is -2.55. The van der Waals surface area contributed by atoms with Crippen LogP contribution in [0.3, 0.4) is 0 Å². The van der Waals surface area contributed by atoms with Crippen molar-refractivity contribution >= 4 is 17.6 Å². The number of ether oxygens (including phenoxy) is 1. The maximum absolute atomic E-state index is 12.4. The Morgan fingerprint density at radius 2 is 1.90 bits per heavy atom. The van der Waals surface area contributed by atoms with Gasteiger partial charge in [0.25, 0.3) is 11.6 Å². The van der Waals surface area contributed by atoms with Crippen molar-refractivity contribution in [3.63, 3.8) is 0 Å². The standard InChI is InChI=1S/C14H16N2O5/c1-8-6-10(7-9(2)12(8)16(19)20)13(17)15-5-4-11(15)14(18)21-3/h6-7,11H,4-5H2,1-3H3/t11-/m1/s1. The van der Waals surface area contributed by atoms with Gasteiger partial charge in [-0.05, 0) is 32.4 Å². The second-order valence-corrected chi connectivity index (χ2v) is 5.04. The molecule has 1 aromatic rings. The van der Waals surface area contributed by atoms with E-state index in [1.54, 1.807) is 13.8 Å². The zero-order chi connectivity index (χ0) is 15.7. The fourth-order valence-corrected chi connectivity index (χ4v) is 2.54. The van der Waals surface area contributed by atoms with Crippen LogP contribution in [0.15, 0.2) is 12.1 Å². The van der Waals surface area contributed by atoms with E-state index in [4.69, 9.17) is 0 Å². The number of hydrogen-bond acceptors (Lipinski definition) is 5. The summed E-state index contributed by atoms with van der Waals surface area (Å²) in [4.78, 5) is 35.8. The number of nitro groups is 1. The van der Waals surface area contributed by atoms with Crippen LogP contribution in [-0.2, 0) is 9.53 Å². The van der Waals surface area contributed by atoms with Gasteiger partial charge in [0, 0.05) is 23.2 Å². The molecule has 112 valence electrons. The zero-order valence-electron chi connectivity index (χ0n) is 12.1. The molecule has 0 spiro atoms. The first kappa shape index (κ1) is 15.0. The van der Waals surface area contributed by atoms with Crippen LogP contribution in [0.2, 0.25) is 0 Å². The molecule has 2 rings (SSSR count). The molecule has 1 fully saturated rings. The third-order valence-electron chi connectivity index (χ3n) is 3.67. The second-order valence-electron chi connectivity index (χ2n) is 5.04. The number of esters is 1. The Morgan fingerprint density at radius 3 is 2.29 bits per heavy atom. The van der Waals surface area contributed by atoms with Gasteiger partial charge in [0.15, 0.2) is 0 Å². The van der Waals surface area contributed by atoms with Crippen LogP contribution in [0.25, 0.3) is 0 Å². The minimum absolute atomic E-state index is 0.0136. The van der Waals surface area contributed by atoms with E-state index < -0.39 is 16.9 Å². The molecule has 1 atom stereocenters. The molecule has 0 saturated carbocycles. The van der Waals surface area contributed by atoms with E-state index in [1.165, 1.54) is 24.1 Å². The molecule has 1 aliphatic heterocycles. The molecular weight excluding hydrogens is 276 g/mol. The predicted octanol–water partition coefficient (Wildman–Crippen LogP) is 1.60. The molecule has 21 heavy (non-hydrogen) atoms. The second kappa shape index (κ2) is 5.51. The van der Waals surface area contributed by atoms with Crippen molar-refractivity contribution in [1.82, 2.24) is 4.90 Å². The molecule has 0 aromatic heterocycles. The summed E-state index contributed by atoms with van der Waals surface area (Å²) in [6.45, 7) is 3.67. The van der Waals surface area contributed by atoms with Crippen LogP contribution < -0.4 is 0 Å². The average Bonchev–Trinajstić information content (AvgIpc) is 2.35. The quantitative estimate of drug-likeness (QED) is 0.479. The molecule has 0 bridgehead atoms. The van der Waals surface area contributed by atoms with Gasteiger partial charge >= 0.3 is 5.97 Å². The van der Waals surface area contributed by atoms with E-state index in [0.717, 1.165) is 0 Å². The van der Waals surface area contributed by atoms with E-state index in [0.29, 0.717) is 29.7 Å². The van der Waals surface area contributed by atoms with Gasteiger partial charge in [0.1, 0.15) is 6.04 Å². The van der Waals surface area contributed by atoms with Gasteiger partial charge in [-0.2, -0.15) is 0 Å². The average molecular weight is 292 g/mol. The Labute approximate surface area is 121 Å². The Hall–Kier alpha value is -2.44. The monoisotopic (exact) mass is 292 g/mol. The number of amides is 1. The predicted molar refractivity (Wildman–Crippen MR) is 74.0 cm³/mol. The summed E-state index contributed by atoms with van der Waals surface area (Å²) in [5, 5.41) is 11.0. The Balaban J connectivity index is 2.29. The molecule has 1 saturated heterocycles. The van der Waals surface area contributed by atoms with Crippen LogP contribution >= 0.6 is 0 Å². The summed E-state index contributed by atoms with van der Waals surface area (Å²) >= 11 is 0. The van der Waals surface area contributed by atoms with Crippen LogP contribution in [0, 0.1) is 24.0 Å². The summed E-state index contributed by atoms with van der Waals surface area (Å²) in [6, 6.07) is 2.42. The molecule has 0 aliphatic carbocycles. The Kier molecular flexibility index (Phi) is 3.93. The lowest BCUT2D eigenvalue weighted by Gasteiger charge is -2.38. The lowest BCUT2D eigenvalue weighted by atomic mass is 9.98. The van der Waals surface area contributed by atoms with Gasteiger partial charge in [-0.25, -0.2) is 4.79 Å². The van der Waals surface area contributed by atoms with Crippen molar-refractivity contribution in [2.24, 2.45) is 0 Å². The third kappa shape index (κ3) is 2.58. The number of nitrogens with zero attached hydrogens (tertiary/aromatic N) is 2. The molecule has 7 heteroatoms. The van der Waals surface area contributed by atoms with Crippen molar-refractivity contribution < 1.29 is 19.2 Å². The minimum atomic E-state index is -0.557. The molecule has 1 heterocycles. The molecule has 0 N–H and O–H groups in total. The first-order chi connectivity index (χ1) is 9.86. The number of methoxy groups -OCH3 is 1. The number of nitro benzene ring substituents is 1. The molecule has 1 aliphatic rings. The molecule has 0 radical (unpaired) electrons. The van der Waals surface area contributed by atoms with E-state index in [2.05, 4.69) is 4.74 Å². The highest BCUT2D eigenvalue weighted by Gasteiger charge is 2.39. The first-order valence-corrected chi connectivity index (χ1v) is 6.51. The SMILES string of the molecule is COC(=O)[C@H]1CCN1C(=O)c1cc(C)c([N+](=O)[O-])c(C)c1. The maximum Gasteiger partial charge on any atom is 0.328 e. The summed E-state index contributed by atoms with van der Waals surface area (Å²) < 4.78 is 4.65. The van der Waals surface area contributed by atoms with Crippen molar-refractivity contribution in [3.05, 3.63) is 38.9 Å². The van der Waals surface area contributed by atoms with Crippen molar-refractivity contribution in [1.29, 1.82) is 0 Å². The molecule has 0 unspecified atom stereocenters. The third-order valence-corrected chi connectivity index (χ3v) is 3.67. The maximum atomic E-state index is 12.4. The first-order valence-electron chi connectivity index (χ1n) is 6.51. The fraction of sp³-hybridized carbons (Fsp3) is 0.429. The van der Waals surface area contributed by atoms with Gasteiger partial charge in [-0.1, -0.05) is 0 Å². The highest BCUT2D eigenvalue weighted by atomic mass is 16.6. The van der Waals surface area contributed by atoms with E-state index >= 15 is 0 Å². The fourth-order valence-electron chi connectivity index (χ4n) is 2.54. The summed E-state index contributed by atoms with van der Waals surface area (Å²) in [5.41, 5.74) is 1.22. The normalized spacial score (nSPS) is 17.1. The van der Waals surface area contributed by atoms with Gasteiger partial charge < -0.3 is 9.64 Å². The number of hydrogen-bond donors (Lipinski definition) is 0. The Morgan fingerprint density at radius 1 is 1.33 bits per heavy atom. The van der Waals surface area contributed by atoms with Crippen molar-refractivity contribution in [3.8, 4) is 0 Å². The summed E-state index contributed by atoms with van der Waals surface area (Å²) in [6.07, 6.45) is 0.573. The highest BCUT2D eigenvalue weighted by Crippen LogP contribution is 2.27. The molecule has 1 aromatic carbocycles. The van der Waals surface area contributed by atoms with Crippen LogP contribution in [0.1, 0.15) is 27.9 Å². The van der Waals surface area contributed by atoms with Crippen molar-refractivity contribution in [2.45, 2.75) is 26.3 Å². The number of carbonyl (C=O) groups excluding carboxylic acids is 2. The van der Waals surface area contributed by atoms with Crippen LogP contribution in [0.4, 0.5) is 5.69 Å². The molecular formula is C14H16N2O5. The number of likely N-dealkylation sites (tertiary alicyclic amines) is 1. The molecule has 1 amide bonds. The Bertz CT molecular complexity index is 603. The zero-order valence-corrected chi connectivity index (χ0v) is 12.1. The van der Waals surface area contributed by atoms with E-state index in [-0.39, 0.29) is 11.6 Å². The highest BCUT2D eigenvalue weighted by molar-refractivity contribution is 5.98. The summed E-state index contributed by atoms with van der Waals surface area (Å²) in [5.74, 6) is -0.747. The number of rotatable bonds is 3. The van der Waals surface area contributed by atoms with Gasteiger partial charge in [-0.3, -0.25) is 14.9 Å². The smallest absolute Gasteiger partial charge is 0.328 e. The van der Waals surface area contributed by atoms with Crippen LogP contribution in [0.5, 0.6) is 0 Å². The lowest BCUT2D eigenvalue weighted by molar-refractivity contribution is -0.386. The largest absolute Gasteiger partial charge is 0.467 e. The number of benzene rings is 1. The van der Waals surface area contributed by atoms with Gasteiger partial charge in [0.2, 0.25) is 0 Å². The summed E-state index contributed by atoms with van der Waals surface area (Å²) in [7, 11) is 1.28. The van der Waals surface area contributed by atoms with E-state index in [1.807, 2.05) is 0 Å². The number of carbonyl (C=O) groups is 2. The minimum Gasteiger partial charge on any atom is -0.467 e. The van der Waals surface area contributed by atoms with Gasteiger partial charge in [0.05, 0.1) is 12.0 Å².